The Bertz CT molecular complexity index is 1340. The first kappa shape index (κ1) is 25.9. The number of rotatable bonds is 7. The van der Waals surface area contributed by atoms with Gasteiger partial charge in [0.05, 0.1) is 23.7 Å². The molecular weight excluding hydrogens is 500 g/mol. The minimum Gasteiger partial charge on any atom is -0.491 e. The summed E-state index contributed by atoms with van der Waals surface area (Å²) in [6.45, 7) is 6.62. The van der Waals surface area contributed by atoms with Gasteiger partial charge in [-0.05, 0) is 47.4 Å². The highest BCUT2D eigenvalue weighted by Crippen LogP contribution is 2.39. The Labute approximate surface area is 217 Å². The lowest BCUT2D eigenvalue weighted by atomic mass is 9.86. The fraction of sp³-hybridized carbons (Fsp3) is 0.296. The van der Waals surface area contributed by atoms with E-state index >= 15 is 0 Å². The van der Waals surface area contributed by atoms with Crippen LogP contribution in [0.3, 0.4) is 0 Å². The van der Waals surface area contributed by atoms with Crippen LogP contribution < -0.4 is 19.1 Å². The summed E-state index contributed by atoms with van der Waals surface area (Å²) in [7, 11) is -3.95. The maximum atomic E-state index is 13.4. The van der Waals surface area contributed by atoms with Crippen LogP contribution in [-0.2, 0) is 20.2 Å². The van der Waals surface area contributed by atoms with Gasteiger partial charge in [-0.25, -0.2) is 8.42 Å². The fourth-order valence-corrected chi connectivity index (χ4v) is 5.62. The molecular formula is C27H29ClN2O5S. The number of fused-ring (bicyclic) bond motifs is 1. The lowest BCUT2D eigenvalue weighted by Gasteiger charge is -2.34. The molecule has 190 valence electrons. The van der Waals surface area contributed by atoms with Gasteiger partial charge in [0.15, 0.2) is 6.10 Å². The topological polar surface area (TPSA) is 84.9 Å². The average molecular weight is 529 g/mol. The first-order chi connectivity index (χ1) is 17.1. The van der Waals surface area contributed by atoms with Crippen LogP contribution >= 0.6 is 11.6 Å². The molecule has 3 aromatic rings. The summed E-state index contributed by atoms with van der Waals surface area (Å²) in [6, 6.07) is 20.5. The van der Waals surface area contributed by atoms with Gasteiger partial charge in [0.1, 0.15) is 18.1 Å². The van der Waals surface area contributed by atoms with E-state index in [0.717, 1.165) is 11.3 Å². The molecule has 7 nitrogen and oxygen atoms in total. The average Bonchev–Trinajstić information content (AvgIpc) is 2.86. The third-order valence-corrected chi connectivity index (χ3v) is 7.80. The highest BCUT2D eigenvalue weighted by atomic mass is 35.5. The number of halogens is 1. The van der Waals surface area contributed by atoms with Crippen molar-refractivity contribution in [3.8, 4) is 11.5 Å². The number of carbonyl (C=O) groups excluding carboxylic acids is 1. The summed E-state index contributed by atoms with van der Waals surface area (Å²) in [4.78, 5) is 13.1. The van der Waals surface area contributed by atoms with E-state index in [9.17, 15) is 13.2 Å². The van der Waals surface area contributed by atoms with Crippen LogP contribution in [0, 0.1) is 0 Å². The van der Waals surface area contributed by atoms with E-state index in [0.29, 0.717) is 5.02 Å². The molecule has 0 aliphatic carbocycles. The molecule has 0 bridgehead atoms. The van der Waals surface area contributed by atoms with Crippen LogP contribution in [0.1, 0.15) is 26.3 Å². The standard InChI is InChI=1S/C27H29ClN2O5S/c1-27(2,3)21-11-7-8-12-23(21)34-16-15-29-26(31)25-18-30(22-17-19(28)13-14-24(22)35-25)36(32,33)20-9-5-4-6-10-20/h4-14,17,25H,15-16,18H2,1-3H3,(H,29,31)/t25-/m0/s1. The van der Waals surface area contributed by atoms with Gasteiger partial charge in [-0.1, -0.05) is 68.8 Å². The number of para-hydroxylation sites is 1. The summed E-state index contributed by atoms with van der Waals surface area (Å²) >= 11 is 6.14. The second-order valence-electron chi connectivity index (χ2n) is 9.45. The minimum absolute atomic E-state index is 0.0836. The first-order valence-electron chi connectivity index (χ1n) is 11.6. The number of benzene rings is 3. The Morgan fingerprint density at radius 1 is 1.08 bits per heavy atom. The largest absolute Gasteiger partial charge is 0.491 e. The lowest BCUT2D eigenvalue weighted by Crippen LogP contribution is -2.51. The normalized spacial score (nSPS) is 15.6. The van der Waals surface area contributed by atoms with Crippen molar-refractivity contribution < 1.29 is 22.7 Å². The number of nitrogens with zero attached hydrogens (tertiary/aromatic N) is 1. The zero-order valence-corrected chi connectivity index (χ0v) is 22.0. The molecule has 1 N–H and O–H groups in total. The number of hydrogen-bond donors (Lipinski definition) is 1. The van der Waals surface area contributed by atoms with E-state index in [-0.39, 0.29) is 41.4 Å². The van der Waals surface area contributed by atoms with Crippen molar-refractivity contribution in [2.24, 2.45) is 0 Å². The highest BCUT2D eigenvalue weighted by molar-refractivity contribution is 7.92. The Kier molecular flexibility index (Phi) is 7.47. The maximum Gasteiger partial charge on any atom is 0.264 e. The smallest absolute Gasteiger partial charge is 0.264 e. The van der Waals surface area contributed by atoms with Gasteiger partial charge in [0.2, 0.25) is 0 Å². The van der Waals surface area contributed by atoms with E-state index in [4.69, 9.17) is 21.1 Å². The summed E-state index contributed by atoms with van der Waals surface area (Å²) in [5.41, 5.74) is 1.28. The van der Waals surface area contributed by atoms with Gasteiger partial charge in [-0.2, -0.15) is 0 Å². The molecule has 1 heterocycles. The van der Waals surface area contributed by atoms with Crippen LogP contribution in [0.15, 0.2) is 77.7 Å². The zero-order chi connectivity index (χ0) is 25.9. The molecule has 9 heteroatoms. The van der Waals surface area contributed by atoms with E-state index in [1.165, 1.54) is 22.5 Å². The molecule has 1 aliphatic rings. The molecule has 4 rings (SSSR count). The molecule has 1 atom stereocenters. The van der Waals surface area contributed by atoms with E-state index in [1.807, 2.05) is 24.3 Å². The molecule has 3 aromatic carbocycles. The summed E-state index contributed by atoms with van der Waals surface area (Å²) in [5.74, 6) is 0.594. The second-order valence-corrected chi connectivity index (χ2v) is 11.8. The van der Waals surface area contributed by atoms with Crippen molar-refractivity contribution in [3.05, 3.63) is 83.4 Å². The van der Waals surface area contributed by atoms with Crippen LogP contribution in [0.5, 0.6) is 11.5 Å². The van der Waals surface area contributed by atoms with Gasteiger partial charge < -0.3 is 14.8 Å². The third kappa shape index (κ3) is 5.60. The van der Waals surface area contributed by atoms with Crippen molar-refractivity contribution >= 4 is 33.2 Å². The van der Waals surface area contributed by atoms with Crippen LogP contribution in [0.2, 0.25) is 5.02 Å². The van der Waals surface area contributed by atoms with Crippen LogP contribution in [-0.4, -0.2) is 40.1 Å². The Hall–Kier alpha value is -3.23. The Balaban J connectivity index is 1.47. The van der Waals surface area contributed by atoms with Gasteiger partial charge in [-0.15, -0.1) is 0 Å². The molecule has 1 aliphatic heterocycles. The molecule has 0 aromatic heterocycles. The van der Waals surface area contributed by atoms with Gasteiger partial charge in [-0.3, -0.25) is 9.10 Å². The van der Waals surface area contributed by atoms with Gasteiger partial charge in [0, 0.05) is 5.02 Å². The summed E-state index contributed by atoms with van der Waals surface area (Å²) in [6.07, 6.45) is -1.04. The monoisotopic (exact) mass is 528 g/mol. The Morgan fingerprint density at radius 3 is 2.50 bits per heavy atom. The van der Waals surface area contributed by atoms with Crippen LogP contribution in [0.4, 0.5) is 5.69 Å². The molecule has 0 spiro atoms. The summed E-state index contributed by atoms with van der Waals surface area (Å²) < 4.78 is 39.8. The van der Waals surface area contributed by atoms with Crippen LogP contribution in [0.25, 0.3) is 0 Å². The van der Waals surface area contributed by atoms with Crippen molar-refractivity contribution in [2.75, 3.05) is 24.0 Å². The van der Waals surface area contributed by atoms with E-state index in [1.54, 1.807) is 30.3 Å². The first-order valence-corrected chi connectivity index (χ1v) is 13.4. The number of ether oxygens (including phenoxy) is 2. The molecule has 0 radical (unpaired) electrons. The number of hydrogen-bond acceptors (Lipinski definition) is 5. The summed E-state index contributed by atoms with van der Waals surface area (Å²) in [5, 5.41) is 3.16. The molecule has 1 amide bonds. The number of nitrogens with one attached hydrogen (secondary N) is 1. The second kappa shape index (κ2) is 10.4. The number of anilines is 1. The molecule has 0 fully saturated rings. The Morgan fingerprint density at radius 2 is 1.78 bits per heavy atom. The number of carbonyl (C=O) groups is 1. The van der Waals surface area contributed by atoms with Crippen molar-refractivity contribution in [1.29, 1.82) is 0 Å². The van der Waals surface area contributed by atoms with Crippen molar-refractivity contribution in [3.63, 3.8) is 0 Å². The highest BCUT2D eigenvalue weighted by Gasteiger charge is 2.37. The lowest BCUT2D eigenvalue weighted by molar-refractivity contribution is -0.127. The number of amides is 1. The maximum absolute atomic E-state index is 13.4. The van der Waals surface area contributed by atoms with Gasteiger partial charge >= 0.3 is 0 Å². The SMILES string of the molecule is CC(C)(C)c1ccccc1OCCNC(=O)[C@@H]1CN(S(=O)(=O)c2ccccc2)c2cc(Cl)ccc2O1. The van der Waals surface area contributed by atoms with Crippen molar-refractivity contribution in [2.45, 2.75) is 37.2 Å². The third-order valence-electron chi connectivity index (χ3n) is 5.77. The van der Waals surface area contributed by atoms with E-state index < -0.39 is 22.0 Å². The quantitative estimate of drug-likeness (QED) is 0.446. The molecule has 0 unspecified atom stereocenters. The minimum atomic E-state index is -3.95. The zero-order valence-electron chi connectivity index (χ0n) is 20.4. The predicted octanol–water partition coefficient (Wildman–Crippen LogP) is 4.79. The predicted molar refractivity (Wildman–Crippen MR) is 140 cm³/mol. The molecule has 0 saturated heterocycles. The van der Waals surface area contributed by atoms with Gasteiger partial charge in [0.25, 0.3) is 15.9 Å². The number of sulfonamides is 1. The molecule has 36 heavy (non-hydrogen) atoms. The molecule has 0 saturated carbocycles. The van der Waals surface area contributed by atoms with E-state index in [2.05, 4.69) is 26.1 Å². The fourth-order valence-electron chi connectivity index (χ4n) is 3.97. The van der Waals surface area contributed by atoms with Crippen molar-refractivity contribution in [1.82, 2.24) is 5.32 Å².